The Morgan fingerprint density at radius 1 is 1.64 bits per heavy atom. The maximum atomic E-state index is 11.1. The van der Waals surface area contributed by atoms with Crippen LogP contribution in [0.3, 0.4) is 0 Å². The molecule has 0 saturated carbocycles. The monoisotopic (exact) mass is 196 g/mol. The molecule has 1 aliphatic rings. The minimum atomic E-state index is -0.417. The van der Waals surface area contributed by atoms with Gasteiger partial charge in [0.1, 0.15) is 0 Å². The lowest BCUT2D eigenvalue weighted by atomic mass is 9.89. The van der Waals surface area contributed by atoms with Crippen LogP contribution in [0.4, 0.5) is 0 Å². The maximum absolute atomic E-state index is 11.1. The predicted molar refractivity (Wildman–Crippen MR) is 55.0 cm³/mol. The zero-order chi connectivity index (χ0) is 10.8. The second-order valence-electron chi connectivity index (χ2n) is 3.86. The van der Waals surface area contributed by atoms with Crippen LogP contribution in [0.25, 0.3) is 0 Å². The third-order valence-corrected chi connectivity index (χ3v) is 2.59. The number of rotatable bonds is 2. The van der Waals surface area contributed by atoms with Crippen LogP contribution in [-0.4, -0.2) is 24.8 Å². The molecule has 0 spiro atoms. The van der Waals surface area contributed by atoms with E-state index in [0.717, 1.165) is 0 Å². The third-order valence-electron chi connectivity index (χ3n) is 2.59. The summed E-state index contributed by atoms with van der Waals surface area (Å²) in [5.74, 6) is -0.0127. The Hall–Kier alpha value is -1.32. The van der Waals surface area contributed by atoms with Gasteiger partial charge in [0, 0.05) is 12.4 Å². The van der Waals surface area contributed by atoms with Crippen molar-refractivity contribution in [2.75, 3.05) is 7.11 Å². The zero-order valence-electron chi connectivity index (χ0n) is 9.00. The van der Waals surface area contributed by atoms with Crippen LogP contribution in [0.2, 0.25) is 0 Å². The lowest BCUT2D eigenvalue weighted by Crippen LogP contribution is -2.47. The molecule has 4 nitrogen and oxygen atoms in total. The number of nitrogens with one attached hydrogen (secondary N) is 1. The minimum Gasteiger partial charge on any atom is -0.464 e. The average molecular weight is 196 g/mol. The highest BCUT2D eigenvalue weighted by Gasteiger charge is 2.28. The van der Waals surface area contributed by atoms with Crippen molar-refractivity contribution in [2.24, 2.45) is 10.9 Å². The quantitative estimate of drug-likeness (QED) is 0.672. The molecule has 1 heterocycles. The first-order valence-electron chi connectivity index (χ1n) is 4.61. The van der Waals surface area contributed by atoms with Gasteiger partial charge in [-0.2, -0.15) is 0 Å². The van der Waals surface area contributed by atoms with Crippen molar-refractivity contribution >= 4 is 12.2 Å². The summed E-state index contributed by atoms with van der Waals surface area (Å²) < 4.78 is 4.56. The van der Waals surface area contributed by atoms with Gasteiger partial charge >= 0.3 is 5.97 Å². The summed E-state index contributed by atoms with van der Waals surface area (Å²) >= 11 is 0. The normalized spacial score (nSPS) is 25.6. The average Bonchev–Trinajstić information content (AvgIpc) is 2.17. The third kappa shape index (κ3) is 1.95. The van der Waals surface area contributed by atoms with E-state index in [4.69, 9.17) is 0 Å². The Kier molecular flexibility index (Phi) is 2.93. The van der Waals surface area contributed by atoms with Gasteiger partial charge in [0.05, 0.1) is 12.6 Å². The highest BCUT2D eigenvalue weighted by atomic mass is 16.5. The topological polar surface area (TPSA) is 50.7 Å². The first-order chi connectivity index (χ1) is 6.49. The molecule has 1 atom stereocenters. The van der Waals surface area contributed by atoms with Gasteiger partial charge in [-0.25, -0.2) is 9.79 Å². The van der Waals surface area contributed by atoms with Crippen molar-refractivity contribution in [3.05, 3.63) is 11.9 Å². The SMILES string of the molecule is COC(=O)C1=CNC(C)(C(C)C)C=N1. The number of esters is 1. The van der Waals surface area contributed by atoms with Gasteiger partial charge in [0.2, 0.25) is 0 Å². The first kappa shape index (κ1) is 10.8. The van der Waals surface area contributed by atoms with E-state index in [1.54, 1.807) is 12.4 Å². The number of carbonyl (C=O) groups is 1. The number of ether oxygens (including phenoxy) is 1. The standard InChI is InChI=1S/C10H16N2O2/c1-7(2)10(3)6-11-8(5-12-10)9(13)14-4/h5-7,12H,1-4H3. The van der Waals surface area contributed by atoms with Crippen molar-refractivity contribution in [1.82, 2.24) is 5.32 Å². The number of methoxy groups -OCH3 is 1. The minimum absolute atomic E-state index is 0.183. The molecule has 0 aromatic rings. The molecule has 1 aliphatic heterocycles. The fraction of sp³-hybridized carbons (Fsp3) is 0.600. The summed E-state index contributed by atoms with van der Waals surface area (Å²) in [5, 5.41) is 3.15. The molecule has 1 N–H and O–H groups in total. The molecular formula is C10H16N2O2. The fourth-order valence-corrected chi connectivity index (χ4v) is 1.03. The molecule has 0 fully saturated rings. The Morgan fingerprint density at radius 3 is 2.64 bits per heavy atom. The smallest absolute Gasteiger partial charge is 0.358 e. The molecular weight excluding hydrogens is 180 g/mol. The van der Waals surface area contributed by atoms with E-state index in [-0.39, 0.29) is 5.54 Å². The molecule has 0 aliphatic carbocycles. The van der Waals surface area contributed by atoms with Crippen molar-refractivity contribution in [3.8, 4) is 0 Å². The lowest BCUT2D eigenvalue weighted by molar-refractivity contribution is -0.136. The van der Waals surface area contributed by atoms with Gasteiger partial charge in [-0.05, 0) is 12.8 Å². The van der Waals surface area contributed by atoms with Crippen LogP contribution in [0, 0.1) is 5.92 Å². The van der Waals surface area contributed by atoms with Crippen molar-refractivity contribution in [2.45, 2.75) is 26.3 Å². The molecule has 14 heavy (non-hydrogen) atoms. The number of carbonyl (C=O) groups excluding carboxylic acids is 1. The molecule has 0 aromatic heterocycles. The van der Waals surface area contributed by atoms with E-state index in [1.165, 1.54) is 7.11 Å². The molecule has 0 amide bonds. The van der Waals surface area contributed by atoms with Gasteiger partial charge in [-0.3, -0.25) is 0 Å². The molecule has 0 aromatic carbocycles. The predicted octanol–water partition coefficient (Wildman–Crippen LogP) is 1.09. The Bertz CT molecular complexity index is 294. The van der Waals surface area contributed by atoms with Crippen molar-refractivity contribution in [1.29, 1.82) is 0 Å². The molecule has 78 valence electrons. The highest BCUT2D eigenvalue weighted by Crippen LogP contribution is 2.18. The summed E-state index contributed by atoms with van der Waals surface area (Å²) in [6.45, 7) is 6.22. The lowest BCUT2D eigenvalue weighted by Gasteiger charge is -2.32. The van der Waals surface area contributed by atoms with E-state index in [2.05, 4.69) is 28.9 Å². The second-order valence-corrected chi connectivity index (χ2v) is 3.86. The van der Waals surface area contributed by atoms with Crippen LogP contribution < -0.4 is 5.32 Å². The van der Waals surface area contributed by atoms with Crippen LogP contribution in [0.5, 0.6) is 0 Å². The summed E-state index contributed by atoms with van der Waals surface area (Å²) in [6, 6.07) is 0. The van der Waals surface area contributed by atoms with Gasteiger partial charge in [0.15, 0.2) is 5.70 Å². The highest BCUT2D eigenvalue weighted by molar-refractivity contribution is 5.91. The van der Waals surface area contributed by atoms with Crippen LogP contribution in [-0.2, 0) is 9.53 Å². The maximum Gasteiger partial charge on any atom is 0.358 e. The molecule has 1 unspecified atom stereocenters. The number of aliphatic imine (C=N–C) groups is 1. The number of nitrogens with zero attached hydrogens (tertiary/aromatic N) is 1. The Labute approximate surface area is 84.0 Å². The summed E-state index contributed by atoms with van der Waals surface area (Å²) in [4.78, 5) is 15.2. The number of hydrogen-bond donors (Lipinski definition) is 1. The molecule has 4 heteroatoms. The van der Waals surface area contributed by atoms with E-state index >= 15 is 0 Å². The zero-order valence-corrected chi connectivity index (χ0v) is 9.00. The molecule has 0 radical (unpaired) electrons. The number of hydrogen-bond acceptors (Lipinski definition) is 4. The molecule has 0 saturated heterocycles. The van der Waals surface area contributed by atoms with Gasteiger partial charge in [-0.15, -0.1) is 0 Å². The Balaban J connectivity index is 2.75. The van der Waals surface area contributed by atoms with E-state index in [9.17, 15) is 4.79 Å². The largest absolute Gasteiger partial charge is 0.464 e. The van der Waals surface area contributed by atoms with Crippen molar-refractivity contribution < 1.29 is 9.53 Å². The van der Waals surface area contributed by atoms with Crippen molar-refractivity contribution in [3.63, 3.8) is 0 Å². The first-order valence-corrected chi connectivity index (χ1v) is 4.61. The van der Waals surface area contributed by atoms with Gasteiger partial charge in [-0.1, -0.05) is 13.8 Å². The second kappa shape index (κ2) is 3.82. The van der Waals surface area contributed by atoms with E-state index in [0.29, 0.717) is 11.6 Å². The van der Waals surface area contributed by atoms with E-state index < -0.39 is 5.97 Å². The molecule has 1 rings (SSSR count). The van der Waals surface area contributed by atoms with Gasteiger partial charge in [0.25, 0.3) is 0 Å². The van der Waals surface area contributed by atoms with E-state index in [1.807, 2.05) is 6.92 Å². The van der Waals surface area contributed by atoms with Crippen LogP contribution in [0.15, 0.2) is 16.9 Å². The molecule has 0 bridgehead atoms. The fourth-order valence-electron chi connectivity index (χ4n) is 1.03. The van der Waals surface area contributed by atoms with Crippen LogP contribution in [0.1, 0.15) is 20.8 Å². The van der Waals surface area contributed by atoms with Gasteiger partial charge < -0.3 is 10.1 Å². The summed E-state index contributed by atoms with van der Waals surface area (Å²) in [5.41, 5.74) is 0.128. The summed E-state index contributed by atoms with van der Waals surface area (Å²) in [6.07, 6.45) is 3.36. The van der Waals surface area contributed by atoms with Crippen LogP contribution >= 0.6 is 0 Å². The Morgan fingerprint density at radius 2 is 2.29 bits per heavy atom. The summed E-state index contributed by atoms with van der Waals surface area (Å²) in [7, 11) is 1.34.